The van der Waals surface area contributed by atoms with Gasteiger partial charge in [0.1, 0.15) is 195 Å². The van der Waals surface area contributed by atoms with Crippen LogP contribution in [0, 0.1) is 0 Å². The maximum atomic E-state index is 13.6. The van der Waals surface area contributed by atoms with Crippen molar-refractivity contribution in [3.8, 4) is 0 Å². The van der Waals surface area contributed by atoms with Crippen LogP contribution in [-0.2, 0) is 85.4 Å². The quantitative estimate of drug-likeness (QED) is 0.0204. The van der Waals surface area contributed by atoms with Gasteiger partial charge in [0, 0.05) is 13.3 Å². The van der Waals surface area contributed by atoms with E-state index in [0.717, 1.165) is 64.7 Å². The first-order valence-corrected chi connectivity index (χ1v) is 50.7. The molecule has 45 heteroatoms. The molecule has 0 aliphatic carbocycles. The van der Waals surface area contributed by atoms with Gasteiger partial charge in [0.05, 0.1) is 71.6 Å². The smallest absolute Gasteiger partial charge is 0.220 e. The van der Waals surface area contributed by atoms with Crippen molar-refractivity contribution in [2.75, 3.05) is 59.5 Å². The molecule has 0 radical (unpaired) electrons. The number of aliphatic hydroxyl groups excluding tert-OH is 25. The highest BCUT2D eigenvalue weighted by Gasteiger charge is 2.61. The van der Waals surface area contributed by atoms with Gasteiger partial charge in [0.2, 0.25) is 11.8 Å². The van der Waals surface area contributed by atoms with Crippen LogP contribution in [0.4, 0.5) is 0 Å². The molecule has 0 aromatic heterocycles. The fraction of sp³-hybridized carbons (Fsp3) is 0.936. The minimum absolute atomic E-state index is 0.159. The number of carbonyl (C=O) groups excluding carboxylic acids is 2. The SMILES string of the molecule is CCCCCCCC/C=C\CCCCCCCCCCCCCCCC(=O)N[C@@H](CO[C@@H]1OC(CO)[C@@H](O[C@@H]2OC(CO)[C@H](O[C@@H]3OC(CO)[C@H](O)[C@H](O[C@H]4OC(CO)[C@H](O)[C@H](O[C@H]5OC(CO)[C@H](O)[C@H](O[C@H]6OC(CO)[C@H](O)[C@H](O[C@H]7OC(CO)[C@H](O)[C@H](O[C@@H]8OC(CO)[C@H](O)[C@H](O)C8NC(C)=O)C7O)C6O)C5O)C4O)C3O)[C@H](O)C2O)[C@H](O)C1O)[C@H](O)/C=C/CCCCCCCCCCCCC. The van der Waals surface area contributed by atoms with Crippen LogP contribution in [0.25, 0.3) is 0 Å². The predicted octanol–water partition coefficient (Wildman–Crippen LogP) is -4.02. The van der Waals surface area contributed by atoms with Crippen LogP contribution < -0.4 is 10.6 Å². The molecule has 8 aliphatic rings. The van der Waals surface area contributed by atoms with Crippen LogP contribution >= 0.6 is 0 Å². The molecule has 0 saturated carbocycles. The molecule has 0 aromatic rings. The van der Waals surface area contributed by atoms with Crippen molar-refractivity contribution in [2.45, 2.75) is 497 Å². The minimum atomic E-state index is -2.40. The second-order valence-corrected chi connectivity index (χ2v) is 38.0. The van der Waals surface area contributed by atoms with Gasteiger partial charge < -0.3 is 214 Å². The van der Waals surface area contributed by atoms with E-state index in [9.17, 15) is 137 Å². The lowest BCUT2D eigenvalue weighted by molar-refractivity contribution is -0.401. The van der Waals surface area contributed by atoms with Crippen molar-refractivity contribution in [1.82, 2.24) is 10.6 Å². The van der Waals surface area contributed by atoms with E-state index in [2.05, 4.69) is 36.6 Å². The second kappa shape index (κ2) is 64.2. The summed E-state index contributed by atoms with van der Waals surface area (Å²) in [5, 5.41) is 286. The molecule has 45 nitrogen and oxygen atoms in total. The standard InChI is InChI=1S/C94H168N2O43/c1-4-6-8-10-12-14-16-18-19-20-21-22-23-24-25-26-27-29-31-33-35-37-39-41-62(107)96-52(53(106)40-38-36-34-32-30-28-17-15-13-11-9-7-5-2)50-124-88-73(117)71(115)80(60(48-103)131-88)133-89-74(118)72(116)81(61(49-104)132-89)134-90-76(120)83(66(110)56(44-99)126-90)136-92-78(122)85(68(112)58(46-101)128-92)138-94-79(123)86(69(113)59(47-102)130-94)139-93-77(121)84(67(111)57(45-100)129-93)137-91-75(119)82(65(109)55(43-98)127-91)135-87-63(95-51(3)105)70(114)64(108)54(42-97)125-87/h18-19,38,40,52-61,63-94,97-104,106,108-123H,4-17,20-37,39,41-50H2,1-3H3,(H,95,105)(H,96,107)/b19-18-,40-38+/t52-,53+,54?,55?,56?,57?,58?,59?,60?,61?,63?,64-,65-,66-,67-,68-,69-,70+,71+,72+,73?,74?,75?,76?,77?,78?,79?,80+,81-,82-,83-,84-,85-,86-,87-,88+,89-,90-,91+,92+,93+,94+/m0/s1. The third-order valence-corrected chi connectivity index (χ3v) is 27.2. The summed E-state index contributed by atoms with van der Waals surface area (Å²) in [7, 11) is 0. The Hall–Kier alpha value is -3.22. The fourth-order valence-electron chi connectivity index (χ4n) is 18.8. The van der Waals surface area contributed by atoms with Gasteiger partial charge in [0.15, 0.2) is 50.3 Å². The van der Waals surface area contributed by atoms with Gasteiger partial charge >= 0.3 is 0 Å². The molecule has 8 saturated heterocycles. The van der Waals surface area contributed by atoms with Crippen molar-refractivity contribution >= 4 is 11.8 Å². The van der Waals surface area contributed by atoms with Crippen LogP contribution in [-0.4, -0.2) is 457 Å². The number of amides is 2. The molecule has 0 aromatic carbocycles. The minimum Gasteiger partial charge on any atom is -0.394 e. The average Bonchev–Trinajstić information content (AvgIpc) is 0.761. The second-order valence-electron chi connectivity index (χ2n) is 38.0. The van der Waals surface area contributed by atoms with E-state index >= 15 is 0 Å². The average molecular weight is 2010 g/mol. The van der Waals surface area contributed by atoms with Crippen molar-refractivity contribution in [2.24, 2.45) is 0 Å². The summed E-state index contributed by atoms with van der Waals surface area (Å²) in [6, 6.07) is -2.73. The van der Waals surface area contributed by atoms with Crippen molar-refractivity contribution in [1.29, 1.82) is 0 Å². The lowest BCUT2D eigenvalue weighted by atomic mass is 9.94. The first-order valence-electron chi connectivity index (χ1n) is 50.7. The third kappa shape index (κ3) is 35.8. The van der Waals surface area contributed by atoms with Crippen molar-refractivity contribution < 1.29 is 213 Å². The summed E-state index contributed by atoms with van der Waals surface area (Å²) >= 11 is 0. The number of rotatable bonds is 64. The number of allylic oxidation sites excluding steroid dienone is 3. The molecule has 8 aliphatic heterocycles. The van der Waals surface area contributed by atoms with Gasteiger partial charge in [0.25, 0.3) is 0 Å². The molecule has 27 N–H and O–H groups in total. The Kier molecular flexibility index (Phi) is 55.9. The van der Waals surface area contributed by atoms with E-state index in [1.54, 1.807) is 6.08 Å². The molecule has 8 rings (SSSR count). The molecule has 812 valence electrons. The Bertz CT molecular complexity index is 3340. The maximum Gasteiger partial charge on any atom is 0.220 e. The molecule has 8 fully saturated rings. The van der Waals surface area contributed by atoms with E-state index in [-0.39, 0.29) is 12.3 Å². The highest BCUT2D eigenvalue weighted by Crippen LogP contribution is 2.40. The third-order valence-electron chi connectivity index (χ3n) is 27.2. The lowest BCUT2D eigenvalue weighted by Gasteiger charge is -2.50. The zero-order valence-corrected chi connectivity index (χ0v) is 80.5. The zero-order valence-electron chi connectivity index (χ0n) is 80.5. The summed E-state index contributed by atoms with van der Waals surface area (Å²) in [4.78, 5) is 25.8. The first-order chi connectivity index (χ1) is 66.9. The molecule has 2 amide bonds. The van der Waals surface area contributed by atoms with E-state index in [0.29, 0.717) is 12.8 Å². The molecular weight excluding hydrogens is 1850 g/mol. The molecular formula is C94H168N2O43. The van der Waals surface area contributed by atoms with Gasteiger partial charge in [-0.2, -0.15) is 0 Å². The van der Waals surface area contributed by atoms with Crippen LogP contribution in [0.5, 0.6) is 0 Å². The zero-order chi connectivity index (χ0) is 101. The van der Waals surface area contributed by atoms with Gasteiger partial charge in [-0.1, -0.05) is 205 Å². The number of ether oxygens (including phenoxy) is 16. The summed E-state index contributed by atoms with van der Waals surface area (Å²) in [6.07, 6.45) is -35.0. The Morgan fingerprint density at radius 3 is 0.849 bits per heavy atom. The molecule has 139 heavy (non-hydrogen) atoms. The van der Waals surface area contributed by atoms with Gasteiger partial charge in [-0.15, -0.1) is 0 Å². The predicted molar refractivity (Wildman–Crippen MR) is 484 cm³/mol. The maximum absolute atomic E-state index is 13.6. The number of unbranched alkanes of at least 4 members (excludes halogenated alkanes) is 30. The number of hydrogen-bond acceptors (Lipinski definition) is 43. The van der Waals surface area contributed by atoms with Crippen LogP contribution in [0.1, 0.15) is 239 Å². The van der Waals surface area contributed by atoms with Gasteiger partial charge in [-0.3, -0.25) is 9.59 Å². The summed E-state index contributed by atoms with van der Waals surface area (Å²) in [5.41, 5.74) is 0. The van der Waals surface area contributed by atoms with Gasteiger partial charge in [-0.25, -0.2) is 0 Å². The van der Waals surface area contributed by atoms with Crippen molar-refractivity contribution in [3.05, 3.63) is 24.3 Å². The van der Waals surface area contributed by atoms with Gasteiger partial charge in [-0.05, 0) is 44.9 Å². The monoisotopic (exact) mass is 2010 g/mol. The fourth-order valence-corrected chi connectivity index (χ4v) is 18.8. The topological polar surface area (TPSA) is 712 Å². The Labute approximate surface area is 812 Å². The number of carbonyl (C=O) groups is 2. The van der Waals surface area contributed by atoms with E-state index in [1.165, 1.54) is 141 Å². The Balaban J connectivity index is 0.847. The normalized spacial score (nSPS) is 39.1. The molecule has 42 atom stereocenters. The van der Waals surface area contributed by atoms with Crippen LogP contribution in [0.15, 0.2) is 24.3 Å². The lowest BCUT2D eigenvalue weighted by Crippen LogP contribution is -2.69. The number of aliphatic hydroxyl groups is 25. The van der Waals surface area contributed by atoms with Crippen molar-refractivity contribution in [3.63, 3.8) is 0 Å². The summed E-state index contributed by atoms with van der Waals surface area (Å²) in [6.45, 7) is -3.48. The number of hydrogen-bond donors (Lipinski definition) is 27. The van der Waals surface area contributed by atoms with Crippen LogP contribution in [0.2, 0.25) is 0 Å². The summed E-state index contributed by atoms with van der Waals surface area (Å²) < 4.78 is 93.1. The molecule has 0 spiro atoms. The van der Waals surface area contributed by atoms with Crippen LogP contribution in [0.3, 0.4) is 0 Å². The number of nitrogens with one attached hydrogen (secondary N) is 2. The molecule has 0 bridgehead atoms. The molecule has 8 heterocycles. The van der Waals surface area contributed by atoms with E-state index in [1.807, 2.05) is 6.08 Å². The summed E-state index contributed by atoms with van der Waals surface area (Å²) in [5.74, 6) is -1.14. The Morgan fingerprint density at radius 2 is 0.532 bits per heavy atom. The highest BCUT2D eigenvalue weighted by atomic mass is 16.8. The largest absolute Gasteiger partial charge is 0.394 e. The molecule has 16 unspecified atom stereocenters. The Morgan fingerprint density at radius 1 is 0.281 bits per heavy atom. The first kappa shape index (κ1) is 121. The van der Waals surface area contributed by atoms with E-state index in [4.69, 9.17) is 75.8 Å². The van der Waals surface area contributed by atoms with E-state index < -0.39 is 323 Å². The highest BCUT2D eigenvalue weighted by molar-refractivity contribution is 5.76.